The van der Waals surface area contributed by atoms with Crippen LogP contribution < -0.4 is 5.56 Å². The highest BCUT2D eigenvalue weighted by atomic mass is 35.5. The molecule has 0 saturated carbocycles. The lowest BCUT2D eigenvalue weighted by Gasteiger charge is -2.05. The molecule has 1 aromatic carbocycles. The van der Waals surface area contributed by atoms with Gasteiger partial charge in [0.15, 0.2) is 0 Å². The van der Waals surface area contributed by atoms with Crippen molar-refractivity contribution in [2.75, 3.05) is 0 Å². The molecule has 0 unspecified atom stereocenters. The van der Waals surface area contributed by atoms with E-state index >= 15 is 0 Å². The predicted octanol–water partition coefficient (Wildman–Crippen LogP) is 4.84. The van der Waals surface area contributed by atoms with Crippen LogP contribution in [0.1, 0.15) is 5.82 Å². The molecule has 1 N–H and O–H groups in total. The average Bonchev–Trinajstić information content (AvgIpc) is 2.87. The van der Waals surface area contributed by atoms with E-state index in [4.69, 9.17) is 34.8 Å². The zero-order valence-electron chi connectivity index (χ0n) is 10.2. The molecule has 2 heterocycles. The van der Waals surface area contributed by atoms with Crippen molar-refractivity contribution >= 4 is 56.4 Å². The summed E-state index contributed by atoms with van der Waals surface area (Å²) in [4.78, 5) is 19.5. The Balaban J connectivity index is 2.32. The minimum atomic E-state index is -0.600. The van der Waals surface area contributed by atoms with Gasteiger partial charge in [-0.1, -0.05) is 23.2 Å². The first-order valence-electron chi connectivity index (χ1n) is 5.72. The van der Waals surface area contributed by atoms with Crippen LogP contribution in [0, 0.1) is 5.82 Å². The van der Waals surface area contributed by atoms with Crippen molar-refractivity contribution in [1.29, 1.82) is 0 Å². The van der Waals surface area contributed by atoms with E-state index < -0.39 is 5.82 Å². The molecule has 0 radical (unpaired) electrons. The molecule has 0 atom stereocenters. The monoisotopic (exact) mass is 362 g/mol. The number of halogens is 4. The first-order valence-corrected chi connectivity index (χ1v) is 7.89. The Kier molecular flexibility index (Phi) is 3.92. The molecule has 108 valence electrons. The normalized spacial score (nSPS) is 11.2. The quantitative estimate of drug-likeness (QED) is 0.523. The largest absolute Gasteiger partial charge is 0.309 e. The zero-order chi connectivity index (χ0) is 15.1. The molecule has 0 amide bonds. The number of aromatic nitrogens is 2. The molecule has 2 aromatic heterocycles. The molecule has 8 heteroatoms. The Morgan fingerprint density at radius 2 is 2.00 bits per heavy atom. The molecule has 3 nitrogen and oxygen atoms in total. The van der Waals surface area contributed by atoms with Crippen LogP contribution in [0.2, 0.25) is 10.0 Å². The lowest BCUT2D eigenvalue weighted by Crippen LogP contribution is -2.10. The summed E-state index contributed by atoms with van der Waals surface area (Å²) in [5.41, 5.74) is 0.583. The van der Waals surface area contributed by atoms with Crippen LogP contribution in [0.25, 0.3) is 21.3 Å². The first-order chi connectivity index (χ1) is 10.0. The molecule has 0 fully saturated rings. The lowest BCUT2D eigenvalue weighted by molar-refractivity contribution is 0.629. The number of rotatable bonds is 2. The molecule has 21 heavy (non-hydrogen) atoms. The molecule has 0 saturated heterocycles. The van der Waals surface area contributed by atoms with Gasteiger partial charge < -0.3 is 4.98 Å². The molecule has 3 aromatic rings. The van der Waals surface area contributed by atoms with Gasteiger partial charge in [-0.3, -0.25) is 4.79 Å². The van der Waals surface area contributed by atoms with Crippen LogP contribution in [-0.2, 0) is 5.88 Å². The topological polar surface area (TPSA) is 45.8 Å². The van der Waals surface area contributed by atoms with Gasteiger partial charge in [0, 0.05) is 16.5 Å². The van der Waals surface area contributed by atoms with Crippen molar-refractivity contribution in [3.8, 4) is 11.1 Å². The first kappa shape index (κ1) is 14.8. The number of nitrogens with zero attached hydrogens (tertiary/aromatic N) is 1. The SMILES string of the molecule is O=c1[nH]c(CCl)nc2scc(-c3cc(F)c(Cl)cc3Cl)c12. The molecule has 0 aliphatic carbocycles. The van der Waals surface area contributed by atoms with Gasteiger partial charge in [-0.15, -0.1) is 22.9 Å². The molecule has 0 aliphatic rings. The zero-order valence-corrected chi connectivity index (χ0v) is 13.3. The fourth-order valence-corrected chi connectivity index (χ4v) is 3.55. The number of nitrogens with one attached hydrogen (secondary N) is 1. The second-order valence-corrected chi connectivity index (χ2v) is 6.16. The van der Waals surface area contributed by atoms with Gasteiger partial charge in [0.1, 0.15) is 16.5 Å². The van der Waals surface area contributed by atoms with Gasteiger partial charge in [0.25, 0.3) is 5.56 Å². The number of fused-ring (bicyclic) bond motifs is 1. The van der Waals surface area contributed by atoms with Gasteiger partial charge in [-0.05, 0) is 12.1 Å². The Hall–Kier alpha value is -1.14. The number of hydrogen-bond acceptors (Lipinski definition) is 3. The Morgan fingerprint density at radius 3 is 2.71 bits per heavy atom. The molecule has 0 spiro atoms. The molecular formula is C13H6Cl3FN2OS. The third kappa shape index (κ3) is 2.55. The van der Waals surface area contributed by atoms with E-state index in [-0.39, 0.29) is 21.5 Å². The molecule has 0 bridgehead atoms. The summed E-state index contributed by atoms with van der Waals surface area (Å²) in [5.74, 6) is -0.109. The highest BCUT2D eigenvalue weighted by molar-refractivity contribution is 7.17. The van der Waals surface area contributed by atoms with E-state index in [2.05, 4.69) is 9.97 Å². The van der Waals surface area contributed by atoms with Crippen LogP contribution in [-0.4, -0.2) is 9.97 Å². The summed E-state index contributed by atoms with van der Waals surface area (Å²) in [5, 5.41) is 2.26. The van der Waals surface area contributed by atoms with Crippen molar-refractivity contribution in [3.63, 3.8) is 0 Å². The summed E-state index contributed by atoms with van der Waals surface area (Å²) < 4.78 is 13.7. The number of alkyl halides is 1. The number of thiophene rings is 1. The number of hydrogen-bond donors (Lipinski definition) is 1. The summed E-state index contributed by atoms with van der Waals surface area (Å²) in [6, 6.07) is 2.52. The van der Waals surface area contributed by atoms with Crippen molar-refractivity contribution in [2.24, 2.45) is 0 Å². The second-order valence-electron chi connectivity index (χ2n) is 4.22. The predicted molar refractivity (Wildman–Crippen MR) is 85.2 cm³/mol. The minimum Gasteiger partial charge on any atom is -0.309 e. The van der Waals surface area contributed by atoms with Gasteiger partial charge >= 0.3 is 0 Å². The van der Waals surface area contributed by atoms with Crippen LogP contribution >= 0.6 is 46.1 Å². The minimum absolute atomic E-state index is 0.0697. The number of H-pyrrole nitrogens is 1. The van der Waals surface area contributed by atoms with Gasteiger partial charge in [-0.25, -0.2) is 9.37 Å². The molecular weight excluding hydrogens is 358 g/mol. The van der Waals surface area contributed by atoms with Crippen molar-refractivity contribution < 1.29 is 4.39 Å². The smallest absolute Gasteiger partial charge is 0.260 e. The lowest BCUT2D eigenvalue weighted by atomic mass is 10.1. The summed E-state index contributed by atoms with van der Waals surface area (Å²) in [6.45, 7) is 0. The number of benzene rings is 1. The van der Waals surface area contributed by atoms with Crippen LogP contribution in [0.5, 0.6) is 0 Å². The van der Waals surface area contributed by atoms with Crippen molar-refractivity contribution in [2.45, 2.75) is 5.88 Å². The Labute approximate surface area is 137 Å². The highest BCUT2D eigenvalue weighted by Gasteiger charge is 2.16. The second kappa shape index (κ2) is 5.57. The average molecular weight is 364 g/mol. The van der Waals surface area contributed by atoms with Crippen LogP contribution in [0.15, 0.2) is 22.3 Å². The van der Waals surface area contributed by atoms with E-state index in [0.717, 1.165) is 0 Å². The summed E-state index contributed by atoms with van der Waals surface area (Å²) in [6.07, 6.45) is 0. The van der Waals surface area contributed by atoms with Crippen molar-refractivity contribution in [1.82, 2.24) is 9.97 Å². The maximum atomic E-state index is 13.7. The highest BCUT2D eigenvalue weighted by Crippen LogP contribution is 2.37. The fourth-order valence-electron chi connectivity index (χ4n) is 1.98. The maximum Gasteiger partial charge on any atom is 0.260 e. The Morgan fingerprint density at radius 1 is 1.24 bits per heavy atom. The van der Waals surface area contributed by atoms with Gasteiger partial charge in [0.05, 0.1) is 21.3 Å². The van der Waals surface area contributed by atoms with Crippen LogP contribution in [0.3, 0.4) is 0 Å². The van der Waals surface area contributed by atoms with Crippen molar-refractivity contribution in [3.05, 3.63) is 49.6 Å². The third-order valence-corrected chi connectivity index (χ3v) is 4.65. The van der Waals surface area contributed by atoms with Gasteiger partial charge in [-0.2, -0.15) is 0 Å². The maximum absolute atomic E-state index is 13.7. The van der Waals surface area contributed by atoms with E-state index in [1.807, 2.05) is 0 Å². The van der Waals surface area contributed by atoms with Crippen LogP contribution in [0.4, 0.5) is 4.39 Å². The van der Waals surface area contributed by atoms with E-state index in [0.29, 0.717) is 27.2 Å². The Bertz CT molecular complexity index is 906. The summed E-state index contributed by atoms with van der Waals surface area (Å²) in [7, 11) is 0. The summed E-state index contributed by atoms with van der Waals surface area (Å²) >= 11 is 18.7. The molecule has 3 rings (SSSR count). The van der Waals surface area contributed by atoms with E-state index in [1.54, 1.807) is 5.38 Å². The van der Waals surface area contributed by atoms with E-state index in [1.165, 1.54) is 23.5 Å². The fraction of sp³-hybridized carbons (Fsp3) is 0.0769. The molecule has 0 aliphatic heterocycles. The van der Waals surface area contributed by atoms with E-state index in [9.17, 15) is 9.18 Å². The third-order valence-electron chi connectivity index (χ3n) is 2.92. The number of aromatic amines is 1. The standard InChI is InChI=1S/C13H6Cl3FN2OS/c14-3-10-18-12(20)11-6(4-21-13(11)19-10)5-1-9(17)8(16)2-7(5)15/h1-2,4H,3H2,(H,18,19,20). The van der Waals surface area contributed by atoms with Gasteiger partial charge in [0.2, 0.25) is 0 Å².